The number of hydrogen-bond donors (Lipinski definition) is 1. The Balaban J connectivity index is 2.39. The molecule has 1 aromatic carbocycles. The summed E-state index contributed by atoms with van der Waals surface area (Å²) >= 11 is 3.29. The molecule has 0 amide bonds. The van der Waals surface area contributed by atoms with Gasteiger partial charge in [0.05, 0.1) is 23.7 Å². The monoisotopic (exact) mass is 329 g/mol. The molecule has 96 valence electrons. The van der Waals surface area contributed by atoms with E-state index in [1.54, 1.807) is 24.3 Å². The van der Waals surface area contributed by atoms with E-state index in [9.17, 15) is 18.8 Å². The molecular weight excluding hydrogens is 318 g/mol. The lowest BCUT2D eigenvalue weighted by Crippen LogP contribution is -2.28. The zero-order valence-electron chi connectivity index (χ0n) is 9.51. The molecule has 2 unspecified atom stereocenters. The summed E-state index contributed by atoms with van der Waals surface area (Å²) in [7, 11) is -3.22. The first-order valence-corrected chi connectivity index (χ1v) is 8.05. The van der Waals surface area contributed by atoms with Crippen molar-refractivity contribution in [3.8, 4) is 6.07 Å². The van der Waals surface area contributed by atoms with E-state index >= 15 is 0 Å². The summed E-state index contributed by atoms with van der Waals surface area (Å²) in [5.74, 6) is -0.310. The number of sulfone groups is 1. The average molecular weight is 330 g/mol. The van der Waals surface area contributed by atoms with Crippen LogP contribution in [0, 0.1) is 16.7 Å². The predicted molar refractivity (Wildman–Crippen MR) is 70.4 cm³/mol. The first-order chi connectivity index (χ1) is 8.38. The number of aliphatic hydroxyl groups is 1. The molecule has 1 aliphatic heterocycles. The van der Waals surface area contributed by atoms with Crippen LogP contribution in [0.25, 0.3) is 0 Å². The molecule has 1 heterocycles. The lowest BCUT2D eigenvalue weighted by atomic mass is 9.80. The van der Waals surface area contributed by atoms with Crippen LogP contribution in [0.2, 0.25) is 0 Å². The summed E-state index contributed by atoms with van der Waals surface area (Å²) in [6.07, 6.45) is -0.906. The number of nitrogens with zero attached hydrogens (tertiary/aromatic N) is 1. The molecule has 1 N–H and O–H groups in total. The van der Waals surface area contributed by atoms with Crippen molar-refractivity contribution < 1.29 is 13.5 Å². The molecule has 1 fully saturated rings. The Kier molecular flexibility index (Phi) is 3.49. The minimum absolute atomic E-state index is 0.0361. The van der Waals surface area contributed by atoms with E-state index in [4.69, 9.17) is 0 Å². The second kappa shape index (κ2) is 4.65. The standard InChI is InChI=1S/C12H12BrNO3S/c13-10-3-1-2-9(6-10)11(15)12(7-14)4-5-18(16,17)8-12/h1-3,6,11,15H,4-5,8H2. The lowest BCUT2D eigenvalue weighted by molar-refractivity contribution is 0.0793. The fraction of sp³-hybridized carbons (Fsp3) is 0.417. The van der Waals surface area contributed by atoms with Crippen LogP contribution >= 0.6 is 15.9 Å². The lowest BCUT2D eigenvalue weighted by Gasteiger charge is -2.26. The van der Waals surface area contributed by atoms with Gasteiger partial charge in [0.1, 0.15) is 5.41 Å². The second-order valence-electron chi connectivity index (χ2n) is 4.57. The van der Waals surface area contributed by atoms with Crippen molar-refractivity contribution >= 4 is 25.8 Å². The quantitative estimate of drug-likeness (QED) is 0.897. The molecular formula is C12H12BrNO3S. The van der Waals surface area contributed by atoms with E-state index in [2.05, 4.69) is 15.9 Å². The summed E-state index contributed by atoms with van der Waals surface area (Å²) < 4.78 is 23.9. The van der Waals surface area contributed by atoms with Gasteiger partial charge >= 0.3 is 0 Å². The van der Waals surface area contributed by atoms with E-state index < -0.39 is 21.4 Å². The van der Waals surface area contributed by atoms with E-state index in [1.807, 2.05) is 6.07 Å². The minimum atomic E-state index is -3.22. The fourth-order valence-electron chi connectivity index (χ4n) is 2.24. The van der Waals surface area contributed by atoms with Crippen molar-refractivity contribution in [3.05, 3.63) is 34.3 Å². The minimum Gasteiger partial charge on any atom is -0.387 e. The molecule has 0 spiro atoms. The number of nitriles is 1. The van der Waals surface area contributed by atoms with Crippen molar-refractivity contribution in [2.24, 2.45) is 5.41 Å². The van der Waals surface area contributed by atoms with E-state index in [0.29, 0.717) is 5.56 Å². The highest BCUT2D eigenvalue weighted by atomic mass is 79.9. The van der Waals surface area contributed by atoms with Gasteiger partial charge in [-0.25, -0.2) is 8.42 Å². The van der Waals surface area contributed by atoms with Crippen LogP contribution in [-0.2, 0) is 9.84 Å². The van der Waals surface area contributed by atoms with Gasteiger partial charge in [-0.05, 0) is 24.1 Å². The van der Waals surface area contributed by atoms with E-state index in [-0.39, 0.29) is 17.9 Å². The fourth-order valence-corrected chi connectivity index (χ4v) is 4.62. The maximum Gasteiger partial charge on any atom is 0.152 e. The summed E-state index contributed by atoms with van der Waals surface area (Å²) in [5, 5.41) is 19.6. The Morgan fingerprint density at radius 1 is 1.50 bits per heavy atom. The van der Waals surface area contributed by atoms with Gasteiger partial charge in [0, 0.05) is 4.47 Å². The third-order valence-corrected chi connectivity index (χ3v) is 5.52. The van der Waals surface area contributed by atoms with Gasteiger partial charge in [0.25, 0.3) is 0 Å². The summed E-state index contributed by atoms with van der Waals surface area (Å²) in [6.45, 7) is 0. The third-order valence-electron chi connectivity index (χ3n) is 3.25. The van der Waals surface area contributed by atoms with E-state index in [1.165, 1.54) is 0 Å². The molecule has 1 saturated heterocycles. The largest absolute Gasteiger partial charge is 0.387 e. The van der Waals surface area contributed by atoms with Crippen LogP contribution in [0.15, 0.2) is 28.7 Å². The Hall–Kier alpha value is -0.900. The molecule has 18 heavy (non-hydrogen) atoms. The normalized spacial score (nSPS) is 27.6. The highest BCUT2D eigenvalue weighted by molar-refractivity contribution is 9.10. The van der Waals surface area contributed by atoms with Gasteiger partial charge in [0.2, 0.25) is 0 Å². The van der Waals surface area contributed by atoms with Crippen LogP contribution in [0.3, 0.4) is 0 Å². The average Bonchev–Trinajstić information content (AvgIpc) is 2.65. The molecule has 2 atom stereocenters. The van der Waals surface area contributed by atoms with Gasteiger partial charge in [0.15, 0.2) is 9.84 Å². The highest BCUT2D eigenvalue weighted by Gasteiger charge is 2.48. The Morgan fingerprint density at radius 2 is 2.22 bits per heavy atom. The Labute approximate surface area is 114 Å². The van der Waals surface area contributed by atoms with Crippen molar-refractivity contribution in [1.82, 2.24) is 0 Å². The molecule has 0 radical (unpaired) electrons. The predicted octanol–water partition coefficient (Wildman–Crippen LogP) is 1.81. The molecule has 1 aliphatic rings. The first kappa shape index (κ1) is 13.5. The van der Waals surface area contributed by atoms with Crippen molar-refractivity contribution in [1.29, 1.82) is 5.26 Å². The van der Waals surface area contributed by atoms with Crippen LogP contribution in [0.4, 0.5) is 0 Å². The van der Waals surface area contributed by atoms with Crippen molar-refractivity contribution in [2.75, 3.05) is 11.5 Å². The highest BCUT2D eigenvalue weighted by Crippen LogP contribution is 2.43. The molecule has 0 aliphatic carbocycles. The van der Waals surface area contributed by atoms with Gasteiger partial charge in [-0.15, -0.1) is 0 Å². The van der Waals surface area contributed by atoms with Gasteiger partial charge < -0.3 is 5.11 Å². The molecule has 2 rings (SSSR count). The SMILES string of the molecule is N#CC1(C(O)c2cccc(Br)c2)CCS(=O)(=O)C1. The number of hydrogen-bond acceptors (Lipinski definition) is 4. The van der Waals surface area contributed by atoms with Crippen LogP contribution < -0.4 is 0 Å². The van der Waals surface area contributed by atoms with Gasteiger partial charge in [-0.3, -0.25) is 0 Å². The number of benzene rings is 1. The molecule has 0 aromatic heterocycles. The van der Waals surface area contributed by atoms with Gasteiger partial charge in [-0.2, -0.15) is 5.26 Å². The maximum atomic E-state index is 11.5. The molecule has 6 heteroatoms. The van der Waals surface area contributed by atoms with Crippen LogP contribution in [0.1, 0.15) is 18.1 Å². The zero-order chi connectivity index (χ0) is 13.4. The Bertz CT molecular complexity index is 608. The third kappa shape index (κ3) is 2.44. The summed E-state index contributed by atoms with van der Waals surface area (Å²) in [6, 6.07) is 8.96. The molecule has 1 aromatic rings. The Morgan fingerprint density at radius 3 is 2.72 bits per heavy atom. The number of halogens is 1. The van der Waals surface area contributed by atoms with Crippen molar-refractivity contribution in [2.45, 2.75) is 12.5 Å². The number of rotatable bonds is 2. The molecule has 0 saturated carbocycles. The first-order valence-electron chi connectivity index (χ1n) is 5.44. The molecule has 4 nitrogen and oxygen atoms in total. The number of aliphatic hydroxyl groups excluding tert-OH is 1. The van der Waals surface area contributed by atoms with Crippen molar-refractivity contribution in [3.63, 3.8) is 0 Å². The topological polar surface area (TPSA) is 78.2 Å². The van der Waals surface area contributed by atoms with E-state index in [0.717, 1.165) is 4.47 Å². The summed E-state index contributed by atoms with van der Waals surface area (Å²) in [5.41, 5.74) is -0.664. The summed E-state index contributed by atoms with van der Waals surface area (Å²) in [4.78, 5) is 0. The molecule has 0 bridgehead atoms. The second-order valence-corrected chi connectivity index (χ2v) is 7.67. The van der Waals surface area contributed by atoms with Crippen LogP contribution in [-0.4, -0.2) is 25.0 Å². The smallest absolute Gasteiger partial charge is 0.152 e. The zero-order valence-corrected chi connectivity index (χ0v) is 11.9. The van der Waals surface area contributed by atoms with Gasteiger partial charge in [-0.1, -0.05) is 28.1 Å². The maximum absolute atomic E-state index is 11.5. The van der Waals surface area contributed by atoms with Crippen LogP contribution in [0.5, 0.6) is 0 Å².